The highest BCUT2D eigenvalue weighted by atomic mass is 79.9. The standard InChI is InChI=1S/C10H15BrN2S/c1-7(10-9(11)3-4-14-10)12-8-5-13(2)6-8/h3-4,7-8,12H,5-6H2,1-2H3. The molecule has 1 aromatic heterocycles. The molecule has 0 aromatic carbocycles. The molecule has 1 atom stereocenters. The van der Waals surface area contributed by atoms with Crippen LogP contribution in [0.3, 0.4) is 0 Å². The Morgan fingerprint density at radius 1 is 1.64 bits per heavy atom. The lowest BCUT2D eigenvalue weighted by Gasteiger charge is -2.38. The van der Waals surface area contributed by atoms with Crippen LogP contribution in [0.2, 0.25) is 0 Å². The molecular weight excluding hydrogens is 260 g/mol. The third-order valence-corrected chi connectivity index (χ3v) is 4.64. The molecule has 0 saturated carbocycles. The van der Waals surface area contributed by atoms with Crippen molar-refractivity contribution in [3.63, 3.8) is 0 Å². The lowest BCUT2D eigenvalue weighted by atomic mass is 10.1. The summed E-state index contributed by atoms with van der Waals surface area (Å²) in [6.45, 7) is 4.58. The minimum atomic E-state index is 0.461. The highest BCUT2D eigenvalue weighted by Gasteiger charge is 2.25. The predicted octanol–water partition coefficient (Wildman–Crippen LogP) is 2.48. The van der Waals surface area contributed by atoms with Gasteiger partial charge in [-0.2, -0.15) is 0 Å². The second-order valence-electron chi connectivity index (χ2n) is 3.94. The van der Waals surface area contributed by atoms with Gasteiger partial charge in [-0.05, 0) is 41.3 Å². The van der Waals surface area contributed by atoms with Crippen molar-refractivity contribution in [3.05, 3.63) is 20.8 Å². The number of nitrogens with zero attached hydrogens (tertiary/aromatic N) is 1. The fourth-order valence-electron chi connectivity index (χ4n) is 1.85. The van der Waals surface area contributed by atoms with Gasteiger partial charge in [0.15, 0.2) is 0 Å². The Hall–Kier alpha value is 0.100. The van der Waals surface area contributed by atoms with Crippen molar-refractivity contribution in [2.24, 2.45) is 0 Å². The zero-order valence-corrected chi connectivity index (χ0v) is 10.9. The van der Waals surface area contributed by atoms with Crippen LogP contribution in [0.5, 0.6) is 0 Å². The highest BCUT2D eigenvalue weighted by molar-refractivity contribution is 9.10. The minimum Gasteiger partial charge on any atom is -0.304 e. The van der Waals surface area contributed by atoms with Crippen LogP contribution in [0, 0.1) is 0 Å². The summed E-state index contributed by atoms with van der Waals surface area (Å²) in [6.07, 6.45) is 0. The summed E-state index contributed by atoms with van der Waals surface area (Å²) >= 11 is 5.38. The predicted molar refractivity (Wildman–Crippen MR) is 64.9 cm³/mol. The number of nitrogens with one attached hydrogen (secondary N) is 1. The third kappa shape index (κ3) is 2.19. The summed E-state index contributed by atoms with van der Waals surface area (Å²) in [7, 11) is 2.16. The van der Waals surface area contributed by atoms with Gasteiger partial charge in [-0.1, -0.05) is 0 Å². The van der Waals surface area contributed by atoms with E-state index in [2.05, 4.69) is 51.6 Å². The number of hydrogen-bond acceptors (Lipinski definition) is 3. The highest BCUT2D eigenvalue weighted by Crippen LogP contribution is 2.29. The number of rotatable bonds is 3. The Balaban J connectivity index is 1.90. The molecule has 1 aromatic rings. The van der Waals surface area contributed by atoms with Gasteiger partial charge >= 0.3 is 0 Å². The Morgan fingerprint density at radius 2 is 2.36 bits per heavy atom. The average molecular weight is 275 g/mol. The van der Waals surface area contributed by atoms with Gasteiger partial charge in [-0.3, -0.25) is 0 Å². The maximum Gasteiger partial charge on any atom is 0.0400 e. The first-order valence-corrected chi connectivity index (χ1v) is 6.51. The molecule has 1 N–H and O–H groups in total. The van der Waals surface area contributed by atoms with Crippen molar-refractivity contribution < 1.29 is 0 Å². The number of likely N-dealkylation sites (N-methyl/N-ethyl adjacent to an activating group) is 1. The van der Waals surface area contributed by atoms with Crippen molar-refractivity contribution >= 4 is 27.3 Å². The molecule has 2 heterocycles. The molecule has 0 amide bonds. The largest absolute Gasteiger partial charge is 0.304 e. The van der Waals surface area contributed by atoms with E-state index < -0.39 is 0 Å². The van der Waals surface area contributed by atoms with Crippen LogP contribution >= 0.6 is 27.3 Å². The first kappa shape index (κ1) is 10.6. The van der Waals surface area contributed by atoms with Crippen LogP contribution in [-0.2, 0) is 0 Å². The molecule has 1 saturated heterocycles. The van der Waals surface area contributed by atoms with Gasteiger partial charge in [-0.25, -0.2) is 0 Å². The van der Waals surface area contributed by atoms with Gasteiger partial charge < -0.3 is 10.2 Å². The van der Waals surface area contributed by atoms with E-state index in [0.29, 0.717) is 12.1 Å². The van der Waals surface area contributed by atoms with Crippen molar-refractivity contribution in [1.29, 1.82) is 0 Å². The van der Waals surface area contributed by atoms with Crippen LogP contribution in [0.4, 0.5) is 0 Å². The lowest BCUT2D eigenvalue weighted by Crippen LogP contribution is -2.56. The van der Waals surface area contributed by atoms with Gasteiger partial charge in [0.05, 0.1) is 0 Å². The Kier molecular flexibility index (Phi) is 3.27. The van der Waals surface area contributed by atoms with E-state index >= 15 is 0 Å². The second-order valence-corrected chi connectivity index (χ2v) is 5.74. The topological polar surface area (TPSA) is 15.3 Å². The molecule has 0 aliphatic carbocycles. The number of likely N-dealkylation sites (tertiary alicyclic amines) is 1. The summed E-state index contributed by atoms with van der Waals surface area (Å²) in [6, 6.07) is 3.25. The third-order valence-electron chi connectivity index (χ3n) is 2.59. The molecule has 2 nitrogen and oxygen atoms in total. The molecule has 4 heteroatoms. The maximum absolute atomic E-state index is 3.63. The van der Waals surface area contributed by atoms with Crippen LogP contribution in [0.15, 0.2) is 15.9 Å². The number of thiophene rings is 1. The van der Waals surface area contributed by atoms with Crippen LogP contribution in [0.25, 0.3) is 0 Å². The molecule has 78 valence electrons. The first-order valence-electron chi connectivity index (χ1n) is 4.84. The Bertz CT molecular complexity index is 307. The van der Waals surface area contributed by atoms with Crippen LogP contribution < -0.4 is 5.32 Å². The molecule has 1 aliphatic heterocycles. The van der Waals surface area contributed by atoms with Gasteiger partial charge in [-0.15, -0.1) is 11.3 Å². The van der Waals surface area contributed by atoms with Crippen LogP contribution in [-0.4, -0.2) is 31.1 Å². The van der Waals surface area contributed by atoms with E-state index in [1.807, 2.05) is 11.3 Å². The summed E-state index contributed by atoms with van der Waals surface area (Å²) in [5.41, 5.74) is 0. The second kappa shape index (κ2) is 4.31. The summed E-state index contributed by atoms with van der Waals surface area (Å²) in [4.78, 5) is 3.73. The summed E-state index contributed by atoms with van der Waals surface area (Å²) < 4.78 is 1.23. The fraction of sp³-hybridized carbons (Fsp3) is 0.600. The Morgan fingerprint density at radius 3 is 2.86 bits per heavy atom. The van der Waals surface area contributed by atoms with E-state index in [1.54, 1.807) is 0 Å². The van der Waals surface area contributed by atoms with E-state index in [4.69, 9.17) is 0 Å². The summed E-state index contributed by atoms with van der Waals surface area (Å²) in [5.74, 6) is 0. The van der Waals surface area contributed by atoms with E-state index in [-0.39, 0.29) is 0 Å². The zero-order valence-electron chi connectivity index (χ0n) is 8.46. The molecule has 1 fully saturated rings. The number of halogens is 1. The van der Waals surface area contributed by atoms with Gasteiger partial charge in [0.2, 0.25) is 0 Å². The molecule has 0 radical (unpaired) electrons. The van der Waals surface area contributed by atoms with E-state index in [0.717, 1.165) is 0 Å². The monoisotopic (exact) mass is 274 g/mol. The smallest absolute Gasteiger partial charge is 0.0400 e. The molecule has 1 aliphatic rings. The van der Waals surface area contributed by atoms with Crippen molar-refractivity contribution in [3.8, 4) is 0 Å². The molecule has 1 unspecified atom stereocenters. The molecular formula is C10H15BrN2S. The van der Waals surface area contributed by atoms with Gasteiger partial charge in [0.25, 0.3) is 0 Å². The zero-order chi connectivity index (χ0) is 10.1. The van der Waals surface area contributed by atoms with Gasteiger partial charge in [0.1, 0.15) is 0 Å². The maximum atomic E-state index is 3.63. The first-order chi connectivity index (χ1) is 6.66. The summed E-state index contributed by atoms with van der Waals surface area (Å²) in [5, 5.41) is 5.76. The van der Waals surface area contributed by atoms with Gasteiger partial charge in [0, 0.05) is 34.5 Å². The molecule has 0 bridgehead atoms. The lowest BCUT2D eigenvalue weighted by molar-refractivity contribution is 0.153. The Labute approximate surface area is 97.4 Å². The average Bonchev–Trinajstić information content (AvgIpc) is 2.48. The normalized spacial score (nSPS) is 20.8. The molecule has 2 rings (SSSR count). The fourth-order valence-corrected chi connectivity index (χ4v) is 3.58. The van der Waals surface area contributed by atoms with Crippen molar-refractivity contribution in [1.82, 2.24) is 10.2 Å². The molecule has 0 spiro atoms. The van der Waals surface area contributed by atoms with E-state index in [9.17, 15) is 0 Å². The van der Waals surface area contributed by atoms with Crippen LogP contribution in [0.1, 0.15) is 17.8 Å². The van der Waals surface area contributed by atoms with Crippen molar-refractivity contribution in [2.75, 3.05) is 20.1 Å². The SMILES string of the molecule is CC(NC1CN(C)C1)c1sccc1Br. The minimum absolute atomic E-state index is 0.461. The molecule has 14 heavy (non-hydrogen) atoms. The number of hydrogen-bond donors (Lipinski definition) is 1. The quantitative estimate of drug-likeness (QED) is 0.911. The van der Waals surface area contributed by atoms with Crippen molar-refractivity contribution in [2.45, 2.75) is 19.0 Å². The van der Waals surface area contributed by atoms with E-state index in [1.165, 1.54) is 22.4 Å².